The van der Waals surface area contributed by atoms with E-state index in [2.05, 4.69) is 20.4 Å². The van der Waals surface area contributed by atoms with E-state index in [0.29, 0.717) is 36.1 Å². The molecule has 1 atom stereocenters. The maximum absolute atomic E-state index is 13.1. The van der Waals surface area contributed by atoms with Crippen LogP contribution >= 0.6 is 0 Å². The van der Waals surface area contributed by atoms with Gasteiger partial charge >= 0.3 is 0 Å². The summed E-state index contributed by atoms with van der Waals surface area (Å²) in [5, 5.41) is 6.79. The number of piperidine rings is 1. The van der Waals surface area contributed by atoms with E-state index in [1.165, 1.54) is 24.3 Å². The highest BCUT2D eigenvalue weighted by atomic mass is 19.1. The highest BCUT2D eigenvalue weighted by Gasteiger charge is 2.27. The minimum absolute atomic E-state index is 0.0844. The molecule has 150 valence electrons. The summed E-state index contributed by atoms with van der Waals surface area (Å²) in [5.41, 5.74) is 1.26. The van der Waals surface area contributed by atoms with Crippen molar-refractivity contribution >= 4 is 11.6 Å². The quantitative estimate of drug-likeness (QED) is 0.707. The molecule has 29 heavy (non-hydrogen) atoms. The lowest BCUT2D eigenvalue weighted by Gasteiger charge is -2.30. The molecule has 0 saturated carbocycles. The molecule has 1 saturated heterocycles. The van der Waals surface area contributed by atoms with Crippen LogP contribution in [0.3, 0.4) is 0 Å². The van der Waals surface area contributed by atoms with E-state index >= 15 is 0 Å². The summed E-state index contributed by atoms with van der Waals surface area (Å²) in [7, 11) is 0. The zero-order valence-electron chi connectivity index (χ0n) is 15.6. The van der Waals surface area contributed by atoms with Crippen molar-refractivity contribution in [1.82, 2.24) is 15.0 Å². The van der Waals surface area contributed by atoms with Crippen molar-refractivity contribution in [2.75, 3.05) is 18.4 Å². The standard InChI is InChI=1S/C21H20F2N4O2/c22-16-5-3-14(4-6-16)20-25-19(29-26-20)13-27-11-1-2-15(12-27)21(28)24-18-9-7-17(23)8-10-18/h3-10,15H,1-2,11-13H2,(H,24,28). The SMILES string of the molecule is O=C(Nc1ccc(F)cc1)C1CCCN(Cc2nc(-c3ccc(F)cc3)no2)C1. The van der Waals surface area contributed by atoms with Gasteiger partial charge in [0.2, 0.25) is 17.6 Å². The Morgan fingerprint density at radius 3 is 2.52 bits per heavy atom. The Balaban J connectivity index is 1.35. The fourth-order valence-corrected chi connectivity index (χ4v) is 3.42. The first-order valence-electron chi connectivity index (χ1n) is 9.44. The number of carbonyl (C=O) groups excluding carboxylic acids is 1. The Morgan fingerprint density at radius 2 is 1.79 bits per heavy atom. The topological polar surface area (TPSA) is 71.3 Å². The van der Waals surface area contributed by atoms with Gasteiger partial charge < -0.3 is 9.84 Å². The van der Waals surface area contributed by atoms with Gasteiger partial charge in [-0.15, -0.1) is 0 Å². The number of hydrogen-bond acceptors (Lipinski definition) is 5. The zero-order chi connectivity index (χ0) is 20.2. The largest absolute Gasteiger partial charge is 0.338 e. The molecule has 6 nitrogen and oxygen atoms in total. The lowest BCUT2D eigenvalue weighted by Crippen LogP contribution is -2.40. The second-order valence-corrected chi connectivity index (χ2v) is 7.09. The molecule has 0 aliphatic carbocycles. The van der Waals surface area contributed by atoms with E-state index in [9.17, 15) is 13.6 Å². The number of amides is 1. The van der Waals surface area contributed by atoms with Crippen molar-refractivity contribution in [3.63, 3.8) is 0 Å². The van der Waals surface area contributed by atoms with Crippen LogP contribution in [0.25, 0.3) is 11.4 Å². The molecule has 0 bridgehead atoms. The highest BCUT2D eigenvalue weighted by Crippen LogP contribution is 2.22. The van der Waals surface area contributed by atoms with Gasteiger partial charge in [-0.3, -0.25) is 9.69 Å². The summed E-state index contributed by atoms with van der Waals surface area (Å²) < 4.78 is 31.4. The van der Waals surface area contributed by atoms with E-state index in [1.807, 2.05) is 0 Å². The summed E-state index contributed by atoms with van der Waals surface area (Å²) in [6, 6.07) is 11.6. The van der Waals surface area contributed by atoms with Gasteiger partial charge in [-0.1, -0.05) is 5.16 Å². The Labute approximate surface area is 166 Å². The Kier molecular flexibility index (Phi) is 5.62. The summed E-state index contributed by atoms with van der Waals surface area (Å²) in [6.45, 7) is 1.84. The monoisotopic (exact) mass is 398 g/mol. The molecule has 1 unspecified atom stereocenters. The maximum atomic E-state index is 13.1. The molecule has 1 aliphatic rings. The number of aromatic nitrogens is 2. The van der Waals surface area contributed by atoms with Gasteiger partial charge in [-0.25, -0.2) is 8.78 Å². The zero-order valence-corrected chi connectivity index (χ0v) is 15.6. The molecule has 4 rings (SSSR count). The number of nitrogens with zero attached hydrogens (tertiary/aromatic N) is 3. The maximum Gasteiger partial charge on any atom is 0.241 e. The van der Waals surface area contributed by atoms with Crippen molar-refractivity contribution < 1.29 is 18.1 Å². The summed E-state index contributed by atoms with van der Waals surface area (Å²) in [5.74, 6) is -0.0687. The molecule has 0 radical (unpaired) electrons. The number of carbonyl (C=O) groups is 1. The van der Waals surface area contributed by atoms with Gasteiger partial charge in [0.15, 0.2) is 0 Å². The summed E-state index contributed by atoms with van der Waals surface area (Å²) >= 11 is 0. The normalized spacial score (nSPS) is 17.2. The molecule has 1 fully saturated rings. The smallest absolute Gasteiger partial charge is 0.241 e. The minimum atomic E-state index is -0.341. The van der Waals surface area contributed by atoms with Crippen LogP contribution in [0.15, 0.2) is 53.1 Å². The number of nitrogens with one attached hydrogen (secondary N) is 1. The molecule has 1 N–H and O–H groups in total. The van der Waals surface area contributed by atoms with E-state index in [0.717, 1.165) is 19.4 Å². The third kappa shape index (κ3) is 4.83. The minimum Gasteiger partial charge on any atom is -0.338 e. The fraction of sp³-hybridized carbons (Fsp3) is 0.286. The van der Waals surface area contributed by atoms with E-state index in [1.54, 1.807) is 24.3 Å². The van der Waals surface area contributed by atoms with Gasteiger partial charge in [0.05, 0.1) is 12.5 Å². The van der Waals surface area contributed by atoms with Crippen LogP contribution in [-0.4, -0.2) is 34.0 Å². The molecule has 1 aliphatic heterocycles. The number of halogens is 2. The molecule has 2 heterocycles. The third-order valence-corrected chi connectivity index (χ3v) is 4.92. The van der Waals surface area contributed by atoms with Crippen LogP contribution in [0, 0.1) is 17.6 Å². The first-order valence-corrected chi connectivity index (χ1v) is 9.44. The first-order chi connectivity index (χ1) is 14.1. The average molecular weight is 398 g/mol. The lowest BCUT2D eigenvalue weighted by molar-refractivity contribution is -0.121. The van der Waals surface area contributed by atoms with Crippen molar-refractivity contribution in [3.8, 4) is 11.4 Å². The number of benzene rings is 2. The van der Waals surface area contributed by atoms with Crippen LogP contribution in [0.2, 0.25) is 0 Å². The number of likely N-dealkylation sites (tertiary alicyclic amines) is 1. The van der Waals surface area contributed by atoms with Crippen molar-refractivity contribution in [2.45, 2.75) is 19.4 Å². The van der Waals surface area contributed by atoms with Gasteiger partial charge in [0.1, 0.15) is 11.6 Å². The molecular weight excluding hydrogens is 378 g/mol. The van der Waals surface area contributed by atoms with Gasteiger partial charge in [0.25, 0.3) is 0 Å². The fourth-order valence-electron chi connectivity index (χ4n) is 3.42. The van der Waals surface area contributed by atoms with E-state index in [-0.39, 0.29) is 23.5 Å². The van der Waals surface area contributed by atoms with Crippen molar-refractivity contribution in [3.05, 3.63) is 66.1 Å². The van der Waals surface area contributed by atoms with E-state index in [4.69, 9.17) is 4.52 Å². The predicted molar refractivity (Wildman–Crippen MR) is 103 cm³/mol. The average Bonchev–Trinajstić information content (AvgIpc) is 3.19. The van der Waals surface area contributed by atoms with Gasteiger partial charge in [-0.05, 0) is 67.9 Å². The molecule has 0 spiro atoms. The molecule has 1 amide bonds. The highest BCUT2D eigenvalue weighted by molar-refractivity contribution is 5.92. The molecule has 2 aromatic carbocycles. The predicted octanol–water partition coefficient (Wildman–Crippen LogP) is 3.87. The van der Waals surface area contributed by atoms with Crippen LogP contribution in [0.4, 0.5) is 14.5 Å². The Morgan fingerprint density at radius 1 is 1.10 bits per heavy atom. The van der Waals surface area contributed by atoms with Gasteiger partial charge in [-0.2, -0.15) is 4.98 Å². The van der Waals surface area contributed by atoms with Crippen LogP contribution in [0.5, 0.6) is 0 Å². The first kappa shape index (κ1) is 19.2. The molecular formula is C21H20F2N4O2. The molecule has 1 aromatic heterocycles. The number of rotatable bonds is 5. The Bertz CT molecular complexity index is 973. The lowest BCUT2D eigenvalue weighted by atomic mass is 9.97. The molecule has 3 aromatic rings. The second kappa shape index (κ2) is 8.48. The number of hydrogen-bond donors (Lipinski definition) is 1. The van der Waals surface area contributed by atoms with Gasteiger partial charge in [0, 0.05) is 17.8 Å². The summed E-state index contributed by atoms with van der Waals surface area (Å²) in [4.78, 5) is 19.0. The third-order valence-electron chi connectivity index (χ3n) is 4.92. The van der Waals surface area contributed by atoms with Crippen LogP contribution in [-0.2, 0) is 11.3 Å². The van der Waals surface area contributed by atoms with Crippen molar-refractivity contribution in [2.24, 2.45) is 5.92 Å². The molecule has 8 heteroatoms. The summed E-state index contributed by atoms with van der Waals surface area (Å²) in [6.07, 6.45) is 1.66. The van der Waals surface area contributed by atoms with Crippen LogP contribution < -0.4 is 5.32 Å². The second-order valence-electron chi connectivity index (χ2n) is 7.09. The Hall–Kier alpha value is -3.13. The van der Waals surface area contributed by atoms with Crippen molar-refractivity contribution in [1.29, 1.82) is 0 Å². The van der Waals surface area contributed by atoms with E-state index < -0.39 is 0 Å². The van der Waals surface area contributed by atoms with Crippen LogP contribution in [0.1, 0.15) is 18.7 Å². The number of anilines is 1.